The predicted molar refractivity (Wildman–Crippen MR) is 67.5 cm³/mol. The molecule has 1 aromatic heterocycles. The van der Waals surface area contributed by atoms with Crippen LogP contribution < -0.4 is 5.49 Å². The van der Waals surface area contributed by atoms with Gasteiger partial charge in [-0.25, -0.2) is 10.1 Å². The molecule has 0 aliphatic rings. The molecule has 0 atom stereocenters. The van der Waals surface area contributed by atoms with Gasteiger partial charge in [0.25, 0.3) is 0 Å². The van der Waals surface area contributed by atoms with Crippen molar-refractivity contribution < 1.29 is 5.03 Å². The van der Waals surface area contributed by atoms with Crippen LogP contribution in [-0.4, -0.2) is 9.60 Å². The smallest absolute Gasteiger partial charge is 0.207 e. The summed E-state index contributed by atoms with van der Waals surface area (Å²) in [5.74, 6) is 0. The molecule has 0 saturated carbocycles. The molecule has 0 spiro atoms. The third-order valence-corrected chi connectivity index (χ3v) is 2.77. The molecule has 1 aromatic carbocycles. The van der Waals surface area contributed by atoms with E-state index in [0.29, 0.717) is 11.6 Å². The standard InChI is InChI=1S/C12H10ClN3O2/c13-11-6-2-1-5-10(11)9-15-8-4-3-7-12(15)14-16(17)18/h1-8H,9H2/b14-12-. The zero-order chi connectivity index (χ0) is 13.0. The number of rotatable bonds is 3. The van der Waals surface area contributed by atoms with Crippen molar-refractivity contribution in [3.63, 3.8) is 0 Å². The van der Waals surface area contributed by atoms with Crippen LogP contribution in [0, 0.1) is 10.1 Å². The van der Waals surface area contributed by atoms with E-state index >= 15 is 0 Å². The first kappa shape index (κ1) is 12.3. The van der Waals surface area contributed by atoms with Gasteiger partial charge in [-0.2, -0.15) is 0 Å². The number of aromatic nitrogens is 1. The summed E-state index contributed by atoms with van der Waals surface area (Å²) in [6.45, 7) is 0.438. The lowest BCUT2D eigenvalue weighted by molar-refractivity contribution is -0.490. The fraction of sp³-hybridized carbons (Fsp3) is 0.0833. The summed E-state index contributed by atoms with van der Waals surface area (Å²) < 4.78 is 1.67. The molecule has 0 aliphatic carbocycles. The van der Waals surface area contributed by atoms with Gasteiger partial charge in [0.05, 0.1) is 11.6 Å². The highest BCUT2D eigenvalue weighted by molar-refractivity contribution is 6.31. The Labute approximate surface area is 108 Å². The quantitative estimate of drug-likeness (QED) is 0.630. The van der Waals surface area contributed by atoms with E-state index < -0.39 is 5.03 Å². The minimum atomic E-state index is -0.710. The molecule has 6 heteroatoms. The molecule has 0 bridgehead atoms. The van der Waals surface area contributed by atoms with Crippen molar-refractivity contribution >= 4 is 11.6 Å². The highest BCUT2D eigenvalue weighted by Gasteiger charge is 2.02. The van der Waals surface area contributed by atoms with E-state index in [9.17, 15) is 10.1 Å². The molecule has 92 valence electrons. The summed E-state index contributed by atoms with van der Waals surface area (Å²) in [4.78, 5) is 10.4. The third kappa shape index (κ3) is 2.95. The number of hydrogen-bond acceptors (Lipinski definition) is 2. The van der Waals surface area contributed by atoms with Gasteiger partial charge in [0.15, 0.2) is 5.03 Å². The van der Waals surface area contributed by atoms with E-state index in [1.165, 1.54) is 0 Å². The van der Waals surface area contributed by atoms with Crippen molar-refractivity contribution in [1.29, 1.82) is 0 Å². The van der Waals surface area contributed by atoms with E-state index in [4.69, 9.17) is 11.6 Å². The van der Waals surface area contributed by atoms with Crippen LogP contribution in [0.25, 0.3) is 0 Å². The van der Waals surface area contributed by atoms with Gasteiger partial charge >= 0.3 is 0 Å². The molecule has 0 unspecified atom stereocenters. The molecule has 18 heavy (non-hydrogen) atoms. The van der Waals surface area contributed by atoms with Crippen LogP contribution in [0.3, 0.4) is 0 Å². The molecular formula is C12H10ClN3O2. The molecule has 0 fully saturated rings. The molecule has 5 nitrogen and oxygen atoms in total. The van der Waals surface area contributed by atoms with Crippen molar-refractivity contribution in [1.82, 2.24) is 4.57 Å². The van der Waals surface area contributed by atoms with Gasteiger partial charge in [-0.1, -0.05) is 35.9 Å². The number of halogens is 1. The Kier molecular flexibility index (Phi) is 3.74. The summed E-state index contributed by atoms with van der Waals surface area (Å²) in [6.07, 6.45) is 1.73. The molecule has 0 N–H and O–H groups in total. The monoisotopic (exact) mass is 263 g/mol. The highest BCUT2D eigenvalue weighted by Crippen LogP contribution is 2.15. The summed E-state index contributed by atoms with van der Waals surface area (Å²) in [5.41, 5.74) is 1.16. The van der Waals surface area contributed by atoms with Gasteiger partial charge in [-0.15, -0.1) is 0 Å². The lowest BCUT2D eigenvalue weighted by Gasteiger charge is -2.07. The van der Waals surface area contributed by atoms with E-state index in [0.717, 1.165) is 5.56 Å². The van der Waals surface area contributed by atoms with Gasteiger partial charge in [0.2, 0.25) is 5.49 Å². The molecule has 0 radical (unpaired) electrons. The second-order valence-electron chi connectivity index (χ2n) is 3.62. The van der Waals surface area contributed by atoms with Crippen LogP contribution in [0.5, 0.6) is 0 Å². The Bertz CT molecular complexity index is 637. The Morgan fingerprint density at radius 3 is 2.67 bits per heavy atom. The topological polar surface area (TPSA) is 60.4 Å². The average Bonchev–Trinajstić information content (AvgIpc) is 2.34. The molecule has 2 rings (SSSR count). The van der Waals surface area contributed by atoms with Crippen LogP contribution in [0.2, 0.25) is 5.02 Å². The number of pyridine rings is 1. The Morgan fingerprint density at radius 2 is 1.94 bits per heavy atom. The molecule has 0 amide bonds. The van der Waals surface area contributed by atoms with Crippen molar-refractivity contribution in [2.45, 2.75) is 6.54 Å². The molecule has 2 aromatic rings. The maximum atomic E-state index is 10.4. The van der Waals surface area contributed by atoms with Crippen molar-refractivity contribution in [3.05, 3.63) is 74.8 Å². The SMILES string of the molecule is O=[N+]([O-])/N=c1/ccccn1Cc1ccccc1Cl. The van der Waals surface area contributed by atoms with E-state index in [-0.39, 0.29) is 5.49 Å². The van der Waals surface area contributed by atoms with Gasteiger partial charge in [-0.3, -0.25) is 0 Å². The van der Waals surface area contributed by atoms with Gasteiger partial charge in [-0.05, 0) is 23.8 Å². The lowest BCUT2D eigenvalue weighted by atomic mass is 10.2. The van der Waals surface area contributed by atoms with Crippen LogP contribution in [0.15, 0.2) is 53.8 Å². The summed E-state index contributed by atoms with van der Waals surface area (Å²) >= 11 is 6.05. The maximum Gasteiger partial charge on any atom is 0.207 e. The molecule has 0 saturated heterocycles. The maximum absolute atomic E-state index is 10.4. The third-order valence-electron chi connectivity index (χ3n) is 2.40. The number of benzene rings is 1. The number of nitrogens with zero attached hydrogens (tertiary/aromatic N) is 3. The highest BCUT2D eigenvalue weighted by atomic mass is 35.5. The van der Waals surface area contributed by atoms with Crippen molar-refractivity contribution in [2.24, 2.45) is 5.10 Å². The average molecular weight is 264 g/mol. The minimum absolute atomic E-state index is 0.280. The first-order valence-electron chi connectivity index (χ1n) is 5.25. The Morgan fingerprint density at radius 1 is 1.22 bits per heavy atom. The largest absolute Gasteiger partial charge is 0.323 e. The van der Waals surface area contributed by atoms with Crippen molar-refractivity contribution in [3.8, 4) is 0 Å². The fourth-order valence-electron chi connectivity index (χ4n) is 1.59. The van der Waals surface area contributed by atoms with E-state index in [1.54, 1.807) is 35.0 Å². The van der Waals surface area contributed by atoms with Gasteiger partial charge < -0.3 is 4.57 Å². The summed E-state index contributed by atoms with van der Waals surface area (Å²) in [7, 11) is 0. The zero-order valence-electron chi connectivity index (χ0n) is 9.36. The normalized spacial score (nSPS) is 11.5. The summed E-state index contributed by atoms with van der Waals surface area (Å²) in [6, 6.07) is 12.4. The number of hydrogen-bond donors (Lipinski definition) is 0. The van der Waals surface area contributed by atoms with Crippen LogP contribution in [0.4, 0.5) is 0 Å². The van der Waals surface area contributed by atoms with E-state index in [2.05, 4.69) is 5.10 Å². The minimum Gasteiger partial charge on any atom is -0.323 e. The second kappa shape index (κ2) is 5.46. The second-order valence-corrected chi connectivity index (χ2v) is 4.02. The summed E-state index contributed by atoms with van der Waals surface area (Å²) in [5, 5.41) is 13.7. The van der Waals surface area contributed by atoms with Crippen LogP contribution >= 0.6 is 11.6 Å². The molecular weight excluding hydrogens is 254 g/mol. The lowest BCUT2D eigenvalue weighted by Crippen LogP contribution is -2.21. The van der Waals surface area contributed by atoms with E-state index in [1.807, 2.05) is 18.2 Å². The Hall–Kier alpha value is -2.14. The van der Waals surface area contributed by atoms with Crippen LogP contribution in [-0.2, 0) is 6.54 Å². The molecule has 0 aliphatic heterocycles. The number of nitro groups is 1. The van der Waals surface area contributed by atoms with Crippen molar-refractivity contribution in [2.75, 3.05) is 0 Å². The first-order chi connectivity index (χ1) is 8.66. The zero-order valence-corrected chi connectivity index (χ0v) is 10.1. The van der Waals surface area contributed by atoms with Gasteiger partial charge in [0, 0.05) is 11.2 Å². The predicted octanol–water partition coefficient (Wildman–Crippen LogP) is 2.28. The molecule has 1 heterocycles. The van der Waals surface area contributed by atoms with Gasteiger partial charge in [0.1, 0.15) is 0 Å². The Balaban J connectivity index is 2.42. The fourth-order valence-corrected chi connectivity index (χ4v) is 1.78. The van der Waals surface area contributed by atoms with Crippen LogP contribution in [0.1, 0.15) is 5.56 Å². The first-order valence-corrected chi connectivity index (χ1v) is 5.62.